The molecule has 3 aromatic rings. The lowest BCUT2D eigenvalue weighted by Gasteiger charge is -2.35. The molecule has 0 radical (unpaired) electrons. The number of hydrogen-bond acceptors (Lipinski definition) is 7. The highest BCUT2D eigenvalue weighted by atomic mass is 16.6. The van der Waals surface area contributed by atoms with Crippen LogP contribution >= 0.6 is 0 Å². The third-order valence-electron chi connectivity index (χ3n) is 5.66. The SMILES string of the molecule is COc1ccc(-c2ccc(N3CCN(C(=O)c4cccc([N+](=O)[O-])c4C)CC3)nn2)cc1. The maximum absolute atomic E-state index is 12.9. The summed E-state index contributed by atoms with van der Waals surface area (Å²) in [7, 11) is 1.63. The van der Waals surface area contributed by atoms with Crippen molar-refractivity contribution in [2.45, 2.75) is 6.92 Å². The summed E-state index contributed by atoms with van der Waals surface area (Å²) in [4.78, 5) is 27.4. The molecule has 0 spiro atoms. The third kappa shape index (κ3) is 4.22. The Labute approximate surface area is 185 Å². The Kier molecular flexibility index (Phi) is 5.98. The topological polar surface area (TPSA) is 102 Å². The number of amides is 1. The Morgan fingerprint density at radius 3 is 2.31 bits per heavy atom. The predicted octanol–water partition coefficient (Wildman–Crippen LogP) is 3.33. The van der Waals surface area contributed by atoms with Gasteiger partial charge in [-0.3, -0.25) is 14.9 Å². The van der Waals surface area contributed by atoms with Crippen LogP contribution < -0.4 is 9.64 Å². The summed E-state index contributed by atoms with van der Waals surface area (Å²) in [5.41, 5.74) is 2.45. The van der Waals surface area contributed by atoms with E-state index in [-0.39, 0.29) is 11.6 Å². The van der Waals surface area contributed by atoms with E-state index in [1.165, 1.54) is 6.07 Å². The summed E-state index contributed by atoms with van der Waals surface area (Å²) >= 11 is 0. The Hall–Kier alpha value is -4.01. The van der Waals surface area contributed by atoms with Gasteiger partial charge in [0.2, 0.25) is 0 Å². The molecule has 164 valence electrons. The molecule has 0 saturated carbocycles. The number of hydrogen-bond donors (Lipinski definition) is 0. The van der Waals surface area contributed by atoms with Crippen LogP contribution in [0.15, 0.2) is 54.6 Å². The van der Waals surface area contributed by atoms with Crippen LogP contribution in [0.4, 0.5) is 11.5 Å². The van der Waals surface area contributed by atoms with E-state index in [0.717, 1.165) is 22.8 Å². The monoisotopic (exact) mass is 433 g/mol. The molecule has 0 aliphatic carbocycles. The van der Waals surface area contributed by atoms with Crippen LogP contribution in [0.5, 0.6) is 5.75 Å². The summed E-state index contributed by atoms with van der Waals surface area (Å²) in [5, 5.41) is 19.9. The number of nitro benzene ring substituents is 1. The van der Waals surface area contributed by atoms with Gasteiger partial charge in [-0.25, -0.2) is 0 Å². The molecule has 0 N–H and O–H groups in total. The number of benzene rings is 2. The number of piperazine rings is 1. The molecule has 1 aliphatic rings. The van der Waals surface area contributed by atoms with Crippen molar-refractivity contribution >= 4 is 17.4 Å². The van der Waals surface area contributed by atoms with E-state index in [0.29, 0.717) is 37.3 Å². The Balaban J connectivity index is 1.41. The van der Waals surface area contributed by atoms with E-state index in [1.807, 2.05) is 36.4 Å². The highest BCUT2D eigenvalue weighted by molar-refractivity contribution is 5.96. The van der Waals surface area contributed by atoms with Crippen molar-refractivity contribution in [2.24, 2.45) is 0 Å². The fourth-order valence-corrected chi connectivity index (χ4v) is 3.77. The molecular formula is C23H23N5O4. The van der Waals surface area contributed by atoms with E-state index in [1.54, 1.807) is 31.1 Å². The molecule has 1 saturated heterocycles. The molecule has 0 atom stereocenters. The highest BCUT2D eigenvalue weighted by Gasteiger charge is 2.26. The van der Waals surface area contributed by atoms with Gasteiger partial charge in [-0.15, -0.1) is 10.2 Å². The number of anilines is 1. The Morgan fingerprint density at radius 2 is 1.72 bits per heavy atom. The molecule has 2 heterocycles. The summed E-state index contributed by atoms with van der Waals surface area (Å²) in [5.74, 6) is 1.35. The van der Waals surface area contributed by atoms with E-state index in [4.69, 9.17) is 4.74 Å². The fraction of sp³-hybridized carbons (Fsp3) is 0.261. The van der Waals surface area contributed by atoms with Gasteiger partial charge in [-0.1, -0.05) is 6.07 Å². The molecule has 2 aromatic carbocycles. The lowest BCUT2D eigenvalue weighted by Crippen LogP contribution is -2.49. The van der Waals surface area contributed by atoms with Crippen molar-refractivity contribution in [3.63, 3.8) is 0 Å². The first-order valence-corrected chi connectivity index (χ1v) is 10.2. The van der Waals surface area contributed by atoms with E-state index in [9.17, 15) is 14.9 Å². The summed E-state index contributed by atoms with van der Waals surface area (Å²) in [6.07, 6.45) is 0. The van der Waals surface area contributed by atoms with Crippen molar-refractivity contribution in [3.05, 3.63) is 75.8 Å². The normalized spacial score (nSPS) is 13.7. The second-order valence-electron chi connectivity index (χ2n) is 7.49. The number of nitro groups is 1. The van der Waals surface area contributed by atoms with Crippen molar-refractivity contribution in [2.75, 3.05) is 38.2 Å². The van der Waals surface area contributed by atoms with Gasteiger partial charge in [0.1, 0.15) is 5.75 Å². The lowest BCUT2D eigenvalue weighted by atomic mass is 10.1. The minimum Gasteiger partial charge on any atom is -0.497 e. The number of nitrogens with zero attached hydrogens (tertiary/aromatic N) is 5. The second kappa shape index (κ2) is 9.01. The van der Waals surface area contributed by atoms with Crippen LogP contribution in [-0.2, 0) is 0 Å². The number of methoxy groups -OCH3 is 1. The van der Waals surface area contributed by atoms with Crippen molar-refractivity contribution < 1.29 is 14.5 Å². The van der Waals surface area contributed by atoms with Gasteiger partial charge in [0.25, 0.3) is 11.6 Å². The van der Waals surface area contributed by atoms with Crippen molar-refractivity contribution in [1.82, 2.24) is 15.1 Å². The first kappa shape index (κ1) is 21.2. The summed E-state index contributed by atoms with van der Waals surface area (Å²) < 4.78 is 5.18. The minimum atomic E-state index is -0.460. The summed E-state index contributed by atoms with van der Waals surface area (Å²) in [6, 6.07) is 16.1. The maximum atomic E-state index is 12.9. The fourth-order valence-electron chi connectivity index (χ4n) is 3.77. The van der Waals surface area contributed by atoms with Gasteiger partial charge in [0, 0.05) is 48.9 Å². The molecular weight excluding hydrogens is 410 g/mol. The van der Waals surface area contributed by atoms with Gasteiger partial charge >= 0.3 is 0 Å². The number of rotatable bonds is 5. The van der Waals surface area contributed by atoms with E-state index >= 15 is 0 Å². The molecule has 32 heavy (non-hydrogen) atoms. The van der Waals surface area contributed by atoms with Crippen LogP contribution in [0.3, 0.4) is 0 Å². The molecule has 9 heteroatoms. The smallest absolute Gasteiger partial charge is 0.273 e. The van der Waals surface area contributed by atoms with Crippen molar-refractivity contribution in [3.8, 4) is 17.0 Å². The molecule has 1 aliphatic heterocycles. The van der Waals surface area contributed by atoms with Crippen molar-refractivity contribution in [1.29, 1.82) is 0 Å². The van der Waals surface area contributed by atoms with Gasteiger partial charge in [-0.05, 0) is 49.4 Å². The lowest BCUT2D eigenvalue weighted by molar-refractivity contribution is -0.385. The Bertz CT molecular complexity index is 1120. The predicted molar refractivity (Wildman–Crippen MR) is 120 cm³/mol. The molecule has 0 bridgehead atoms. The molecule has 1 aromatic heterocycles. The Morgan fingerprint density at radius 1 is 1.00 bits per heavy atom. The first-order chi connectivity index (χ1) is 15.5. The number of ether oxygens (including phenoxy) is 1. The van der Waals surface area contributed by atoms with Crippen LogP contribution in [0, 0.1) is 17.0 Å². The van der Waals surface area contributed by atoms with Crippen LogP contribution in [0.2, 0.25) is 0 Å². The number of carbonyl (C=O) groups is 1. The molecule has 0 unspecified atom stereocenters. The minimum absolute atomic E-state index is 0.0401. The molecule has 1 amide bonds. The quantitative estimate of drug-likeness (QED) is 0.449. The number of carbonyl (C=O) groups excluding carboxylic acids is 1. The zero-order chi connectivity index (χ0) is 22.7. The largest absolute Gasteiger partial charge is 0.497 e. The van der Waals surface area contributed by atoms with E-state index < -0.39 is 4.92 Å². The standard InChI is InChI=1S/C23H23N5O4/c1-16-19(4-3-5-21(16)28(30)31)23(29)27-14-12-26(13-15-27)22-11-10-20(24-25-22)17-6-8-18(32-2)9-7-17/h3-11H,12-15H2,1-2H3. The molecule has 4 rings (SSSR count). The van der Waals surface area contributed by atoms with E-state index in [2.05, 4.69) is 15.1 Å². The number of aromatic nitrogens is 2. The molecule has 9 nitrogen and oxygen atoms in total. The van der Waals surface area contributed by atoms with Gasteiger partial charge in [-0.2, -0.15) is 0 Å². The zero-order valence-corrected chi connectivity index (χ0v) is 17.9. The van der Waals surface area contributed by atoms with Gasteiger partial charge in [0.05, 0.1) is 17.7 Å². The molecule has 1 fully saturated rings. The maximum Gasteiger partial charge on any atom is 0.273 e. The zero-order valence-electron chi connectivity index (χ0n) is 17.9. The van der Waals surface area contributed by atoms with Crippen LogP contribution in [-0.4, -0.2) is 59.2 Å². The third-order valence-corrected chi connectivity index (χ3v) is 5.66. The average molecular weight is 433 g/mol. The first-order valence-electron chi connectivity index (χ1n) is 10.2. The van der Waals surface area contributed by atoms with Crippen LogP contribution in [0.1, 0.15) is 15.9 Å². The average Bonchev–Trinajstić information content (AvgIpc) is 2.84. The van der Waals surface area contributed by atoms with Gasteiger partial charge < -0.3 is 14.5 Å². The summed E-state index contributed by atoms with van der Waals surface area (Å²) in [6.45, 7) is 3.83. The van der Waals surface area contributed by atoms with Crippen LogP contribution in [0.25, 0.3) is 11.3 Å². The van der Waals surface area contributed by atoms with Gasteiger partial charge in [0.15, 0.2) is 5.82 Å². The highest BCUT2D eigenvalue weighted by Crippen LogP contribution is 2.24. The second-order valence-corrected chi connectivity index (χ2v) is 7.49.